The van der Waals surface area contributed by atoms with Crippen molar-refractivity contribution in [1.82, 2.24) is 4.98 Å². The van der Waals surface area contributed by atoms with Crippen LogP contribution in [-0.4, -0.2) is 17.7 Å². The molecule has 0 radical (unpaired) electrons. The highest BCUT2D eigenvalue weighted by Gasteiger charge is 2.16. The van der Waals surface area contributed by atoms with E-state index in [-0.39, 0.29) is 12.7 Å². The highest BCUT2D eigenvalue weighted by atomic mass is 79.9. The molecule has 1 aromatic heterocycles. The standard InChI is InChI=1S/C14H11BrN2O3/c1-8-4-13(16-6-10(8)15)17-14(18)9-2-3-11-12(5-9)20-7-19-11/h2-6H,7H2,1H3,(H,16,17,18). The predicted octanol–water partition coefficient (Wildman–Crippen LogP) is 3.13. The molecule has 20 heavy (non-hydrogen) atoms. The van der Waals surface area contributed by atoms with E-state index < -0.39 is 0 Å². The van der Waals surface area contributed by atoms with Crippen molar-refractivity contribution in [2.75, 3.05) is 12.1 Å². The summed E-state index contributed by atoms with van der Waals surface area (Å²) in [5.74, 6) is 1.50. The van der Waals surface area contributed by atoms with Crippen molar-refractivity contribution in [2.45, 2.75) is 6.92 Å². The van der Waals surface area contributed by atoms with E-state index in [1.807, 2.05) is 6.92 Å². The molecule has 0 spiro atoms. The molecule has 6 heteroatoms. The fourth-order valence-corrected chi connectivity index (χ4v) is 2.05. The van der Waals surface area contributed by atoms with Gasteiger partial charge in [0, 0.05) is 16.2 Å². The summed E-state index contributed by atoms with van der Waals surface area (Å²) in [7, 11) is 0. The number of fused-ring (bicyclic) bond motifs is 1. The number of aromatic nitrogens is 1. The van der Waals surface area contributed by atoms with Crippen molar-refractivity contribution < 1.29 is 14.3 Å². The number of carbonyl (C=O) groups excluding carboxylic acids is 1. The Morgan fingerprint density at radius 1 is 1.30 bits per heavy atom. The van der Waals surface area contributed by atoms with Crippen molar-refractivity contribution in [2.24, 2.45) is 0 Å². The second kappa shape index (κ2) is 5.13. The number of hydrogen-bond donors (Lipinski definition) is 1. The Morgan fingerprint density at radius 3 is 2.90 bits per heavy atom. The number of carbonyl (C=O) groups is 1. The number of hydrogen-bond acceptors (Lipinski definition) is 4. The zero-order valence-electron chi connectivity index (χ0n) is 10.6. The molecule has 0 aliphatic carbocycles. The first kappa shape index (κ1) is 12.9. The molecule has 1 N–H and O–H groups in total. The molecule has 0 saturated carbocycles. The molecule has 0 saturated heterocycles. The Morgan fingerprint density at radius 2 is 2.10 bits per heavy atom. The first-order valence-electron chi connectivity index (χ1n) is 5.96. The lowest BCUT2D eigenvalue weighted by Crippen LogP contribution is -2.13. The Kier molecular flexibility index (Phi) is 3.31. The second-order valence-electron chi connectivity index (χ2n) is 4.34. The van der Waals surface area contributed by atoms with Gasteiger partial charge in [0.15, 0.2) is 11.5 Å². The van der Waals surface area contributed by atoms with Gasteiger partial charge in [0.05, 0.1) is 0 Å². The zero-order valence-corrected chi connectivity index (χ0v) is 12.2. The lowest BCUT2D eigenvalue weighted by atomic mass is 10.2. The summed E-state index contributed by atoms with van der Waals surface area (Å²) in [5.41, 5.74) is 1.50. The maximum atomic E-state index is 12.2. The van der Waals surface area contributed by atoms with Gasteiger partial charge in [0.25, 0.3) is 5.91 Å². The predicted molar refractivity (Wildman–Crippen MR) is 77.2 cm³/mol. The van der Waals surface area contributed by atoms with Crippen molar-refractivity contribution in [3.8, 4) is 11.5 Å². The molecule has 1 amide bonds. The summed E-state index contributed by atoms with van der Waals surface area (Å²) in [5, 5.41) is 2.75. The lowest BCUT2D eigenvalue weighted by Gasteiger charge is -2.06. The van der Waals surface area contributed by atoms with Crippen molar-refractivity contribution >= 4 is 27.7 Å². The van der Waals surface area contributed by atoms with Crippen LogP contribution in [0.2, 0.25) is 0 Å². The monoisotopic (exact) mass is 334 g/mol. The van der Waals surface area contributed by atoms with Crippen molar-refractivity contribution in [3.63, 3.8) is 0 Å². The molecular weight excluding hydrogens is 324 g/mol. The van der Waals surface area contributed by atoms with Crippen molar-refractivity contribution in [1.29, 1.82) is 0 Å². The summed E-state index contributed by atoms with van der Waals surface area (Å²) in [6.45, 7) is 2.12. The number of rotatable bonds is 2. The van der Waals surface area contributed by atoms with E-state index in [1.165, 1.54) is 0 Å². The van der Waals surface area contributed by atoms with Gasteiger partial charge in [-0.3, -0.25) is 4.79 Å². The lowest BCUT2D eigenvalue weighted by molar-refractivity contribution is 0.102. The van der Waals surface area contributed by atoms with Gasteiger partial charge in [-0.15, -0.1) is 0 Å². The van der Waals surface area contributed by atoms with Crippen LogP contribution in [0.3, 0.4) is 0 Å². The molecule has 0 atom stereocenters. The van der Waals surface area contributed by atoms with E-state index in [4.69, 9.17) is 9.47 Å². The smallest absolute Gasteiger partial charge is 0.256 e. The van der Waals surface area contributed by atoms with Crippen LogP contribution in [0.1, 0.15) is 15.9 Å². The van der Waals surface area contributed by atoms with Gasteiger partial charge in [-0.2, -0.15) is 0 Å². The van der Waals surface area contributed by atoms with Gasteiger partial charge in [-0.1, -0.05) is 0 Å². The average Bonchev–Trinajstić information content (AvgIpc) is 2.90. The number of nitrogens with zero attached hydrogens (tertiary/aromatic N) is 1. The SMILES string of the molecule is Cc1cc(NC(=O)c2ccc3c(c2)OCO3)ncc1Br. The fourth-order valence-electron chi connectivity index (χ4n) is 1.83. The third kappa shape index (κ3) is 2.46. The molecule has 0 unspecified atom stereocenters. The van der Waals surface area contributed by atoms with Crippen LogP contribution in [0.4, 0.5) is 5.82 Å². The average molecular weight is 335 g/mol. The van der Waals surface area contributed by atoms with Crippen LogP contribution >= 0.6 is 15.9 Å². The van der Waals surface area contributed by atoms with E-state index >= 15 is 0 Å². The first-order valence-corrected chi connectivity index (χ1v) is 6.76. The largest absolute Gasteiger partial charge is 0.454 e. The first-order chi connectivity index (χ1) is 9.63. The van der Waals surface area contributed by atoms with Gasteiger partial charge < -0.3 is 14.8 Å². The molecule has 2 aromatic rings. The summed E-state index contributed by atoms with van der Waals surface area (Å²) < 4.78 is 11.4. The maximum absolute atomic E-state index is 12.2. The molecule has 102 valence electrons. The van der Waals surface area contributed by atoms with Crippen molar-refractivity contribution in [3.05, 3.63) is 46.1 Å². The fraction of sp³-hybridized carbons (Fsp3) is 0.143. The zero-order chi connectivity index (χ0) is 14.1. The Labute approximate surface area is 124 Å². The number of benzene rings is 1. The molecule has 5 nitrogen and oxygen atoms in total. The second-order valence-corrected chi connectivity index (χ2v) is 5.20. The summed E-state index contributed by atoms with van der Waals surface area (Å²) >= 11 is 3.37. The number of anilines is 1. The molecule has 1 aliphatic rings. The Hall–Kier alpha value is -2.08. The number of amides is 1. The molecule has 1 aliphatic heterocycles. The van der Waals surface area contributed by atoms with Crippen LogP contribution in [0.15, 0.2) is 34.9 Å². The molecule has 3 rings (SSSR count). The number of aryl methyl sites for hydroxylation is 1. The minimum atomic E-state index is -0.238. The third-order valence-corrected chi connectivity index (χ3v) is 3.75. The normalized spacial score (nSPS) is 12.3. The molecular formula is C14H11BrN2O3. The van der Waals surface area contributed by atoms with Gasteiger partial charge in [0.2, 0.25) is 6.79 Å². The van der Waals surface area contributed by atoms with Crippen LogP contribution in [-0.2, 0) is 0 Å². The topological polar surface area (TPSA) is 60.5 Å². The van der Waals surface area contributed by atoms with E-state index in [1.54, 1.807) is 30.5 Å². The quantitative estimate of drug-likeness (QED) is 0.916. The van der Waals surface area contributed by atoms with Crippen LogP contribution in [0.5, 0.6) is 11.5 Å². The molecule has 0 fully saturated rings. The van der Waals surface area contributed by atoms with Gasteiger partial charge in [0.1, 0.15) is 5.82 Å². The van der Waals surface area contributed by atoms with E-state index in [9.17, 15) is 4.79 Å². The minimum Gasteiger partial charge on any atom is -0.454 e. The third-order valence-electron chi connectivity index (χ3n) is 2.92. The summed E-state index contributed by atoms with van der Waals surface area (Å²) in [6.07, 6.45) is 1.66. The van der Waals surface area contributed by atoms with E-state index in [0.29, 0.717) is 22.9 Å². The minimum absolute atomic E-state index is 0.188. The number of nitrogens with one attached hydrogen (secondary N) is 1. The number of pyridine rings is 1. The van der Waals surface area contributed by atoms with Crippen LogP contribution in [0.25, 0.3) is 0 Å². The number of ether oxygens (including phenoxy) is 2. The van der Waals surface area contributed by atoms with Gasteiger partial charge >= 0.3 is 0 Å². The molecule has 2 heterocycles. The summed E-state index contributed by atoms with van der Waals surface area (Å²) in [6, 6.07) is 6.87. The highest BCUT2D eigenvalue weighted by Crippen LogP contribution is 2.32. The molecule has 0 bridgehead atoms. The van der Waals surface area contributed by atoms with E-state index in [0.717, 1.165) is 10.0 Å². The van der Waals surface area contributed by atoms with Crippen LogP contribution < -0.4 is 14.8 Å². The van der Waals surface area contributed by atoms with Gasteiger partial charge in [-0.05, 0) is 52.7 Å². The van der Waals surface area contributed by atoms with Crippen LogP contribution in [0, 0.1) is 6.92 Å². The molecule has 1 aromatic carbocycles. The Balaban J connectivity index is 1.80. The van der Waals surface area contributed by atoms with Gasteiger partial charge in [-0.25, -0.2) is 4.98 Å². The van der Waals surface area contributed by atoms with E-state index in [2.05, 4.69) is 26.2 Å². The Bertz CT molecular complexity index is 688. The number of halogens is 1. The maximum Gasteiger partial charge on any atom is 0.256 e. The highest BCUT2D eigenvalue weighted by molar-refractivity contribution is 9.10. The summed E-state index contributed by atoms with van der Waals surface area (Å²) in [4.78, 5) is 16.3.